The molecule has 0 aliphatic carbocycles. The first-order chi connectivity index (χ1) is 10.5. The first kappa shape index (κ1) is 15.8. The van der Waals surface area contributed by atoms with Gasteiger partial charge >= 0.3 is 5.97 Å². The van der Waals surface area contributed by atoms with Crippen molar-refractivity contribution in [3.05, 3.63) is 52.8 Å². The minimum atomic E-state index is -0.590. The summed E-state index contributed by atoms with van der Waals surface area (Å²) in [6, 6.07) is 7.64. The molecule has 0 radical (unpaired) electrons. The third-order valence-electron chi connectivity index (χ3n) is 2.83. The van der Waals surface area contributed by atoms with E-state index in [1.807, 2.05) is 0 Å². The quantitative estimate of drug-likeness (QED) is 0.876. The van der Waals surface area contributed by atoms with Gasteiger partial charge in [0, 0.05) is 11.2 Å². The van der Waals surface area contributed by atoms with Crippen LogP contribution in [0.2, 0.25) is 5.02 Å². The van der Waals surface area contributed by atoms with Crippen molar-refractivity contribution in [2.75, 3.05) is 19.5 Å². The fraction of sp³-hybridized carbons (Fsp3) is 0.133. The Kier molecular flexibility index (Phi) is 4.95. The van der Waals surface area contributed by atoms with Crippen LogP contribution in [0.5, 0.6) is 5.75 Å². The molecule has 0 atom stereocenters. The second kappa shape index (κ2) is 6.91. The largest absolute Gasteiger partial charge is 0.497 e. The lowest BCUT2D eigenvalue weighted by Gasteiger charge is -2.11. The highest BCUT2D eigenvalue weighted by atomic mass is 35.5. The number of nitrogens with one attached hydrogen (secondary N) is 1. The Morgan fingerprint density at radius 3 is 2.59 bits per heavy atom. The molecule has 1 heterocycles. The third kappa shape index (κ3) is 3.53. The van der Waals surface area contributed by atoms with Crippen molar-refractivity contribution in [2.45, 2.75) is 0 Å². The zero-order valence-corrected chi connectivity index (χ0v) is 12.7. The standard InChI is InChI=1S/C15H13ClN2O4/c1-21-10-3-4-12(11(8-10)15(20)22-2)18-14(19)13-7-9(16)5-6-17-13/h3-8H,1-2H3,(H,18,19). The van der Waals surface area contributed by atoms with Crippen molar-refractivity contribution in [1.29, 1.82) is 0 Å². The Hall–Kier alpha value is -2.60. The molecule has 0 unspecified atom stereocenters. The van der Waals surface area contributed by atoms with Gasteiger partial charge in [-0.1, -0.05) is 11.6 Å². The predicted molar refractivity (Wildman–Crippen MR) is 81.5 cm³/mol. The summed E-state index contributed by atoms with van der Waals surface area (Å²) >= 11 is 5.83. The molecule has 1 aromatic carbocycles. The number of ether oxygens (including phenoxy) is 2. The summed E-state index contributed by atoms with van der Waals surface area (Å²) in [4.78, 5) is 27.9. The number of aromatic nitrogens is 1. The number of pyridine rings is 1. The molecule has 1 N–H and O–H groups in total. The minimum Gasteiger partial charge on any atom is -0.497 e. The topological polar surface area (TPSA) is 77.5 Å². The average Bonchev–Trinajstić information content (AvgIpc) is 2.54. The smallest absolute Gasteiger partial charge is 0.340 e. The molecule has 1 amide bonds. The molecule has 22 heavy (non-hydrogen) atoms. The second-order valence-corrected chi connectivity index (χ2v) is 4.65. The molecular formula is C15H13ClN2O4. The van der Waals surface area contributed by atoms with Crippen LogP contribution < -0.4 is 10.1 Å². The summed E-state index contributed by atoms with van der Waals surface area (Å²) in [5.74, 6) is -0.606. The maximum Gasteiger partial charge on any atom is 0.340 e. The zero-order chi connectivity index (χ0) is 16.1. The van der Waals surface area contributed by atoms with Gasteiger partial charge < -0.3 is 14.8 Å². The molecule has 2 aromatic rings. The summed E-state index contributed by atoms with van der Waals surface area (Å²) in [5, 5.41) is 3.00. The van der Waals surface area contributed by atoms with Gasteiger partial charge in [0.25, 0.3) is 5.91 Å². The van der Waals surface area contributed by atoms with E-state index in [1.165, 1.54) is 32.5 Å². The van der Waals surface area contributed by atoms with Crippen LogP contribution >= 0.6 is 11.6 Å². The van der Waals surface area contributed by atoms with Crippen LogP contribution in [0.1, 0.15) is 20.8 Å². The lowest BCUT2D eigenvalue weighted by atomic mass is 10.1. The van der Waals surface area contributed by atoms with E-state index < -0.39 is 11.9 Å². The van der Waals surface area contributed by atoms with Crippen molar-refractivity contribution in [1.82, 2.24) is 4.98 Å². The number of nitrogens with zero attached hydrogens (tertiary/aromatic N) is 1. The van der Waals surface area contributed by atoms with Gasteiger partial charge in [0.15, 0.2) is 0 Å². The van der Waals surface area contributed by atoms with Crippen LogP contribution in [0.15, 0.2) is 36.5 Å². The fourth-order valence-electron chi connectivity index (χ4n) is 1.75. The van der Waals surface area contributed by atoms with Gasteiger partial charge in [-0.2, -0.15) is 0 Å². The molecule has 2 rings (SSSR count). The van der Waals surface area contributed by atoms with Crippen LogP contribution in [0.4, 0.5) is 5.69 Å². The molecule has 114 valence electrons. The number of methoxy groups -OCH3 is 2. The van der Waals surface area contributed by atoms with Gasteiger partial charge in [-0.3, -0.25) is 9.78 Å². The molecule has 0 fully saturated rings. The number of carbonyl (C=O) groups excluding carboxylic acids is 2. The number of amides is 1. The van der Waals surface area contributed by atoms with Crippen molar-refractivity contribution >= 4 is 29.2 Å². The van der Waals surface area contributed by atoms with E-state index in [-0.39, 0.29) is 11.3 Å². The monoisotopic (exact) mass is 320 g/mol. The summed E-state index contributed by atoms with van der Waals surface area (Å²) in [5.41, 5.74) is 0.607. The Morgan fingerprint density at radius 1 is 1.18 bits per heavy atom. The highest BCUT2D eigenvalue weighted by Gasteiger charge is 2.16. The number of hydrogen-bond donors (Lipinski definition) is 1. The third-order valence-corrected chi connectivity index (χ3v) is 3.07. The predicted octanol–water partition coefficient (Wildman–Crippen LogP) is 2.78. The van der Waals surface area contributed by atoms with Gasteiger partial charge in [-0.25, -0.2) is 4.79 Å². The number of hydrogen-bond acceptors (Lipinski definition) is 5. The number of benzene rings is 1. The number of rotatable bonds is 4. The van der Waals surface area contributed by atoms with Gasteiger partial charge in [0.1, 0.15) is 11.4 Å². The van der Waals surface area contributed by atoms with E-state index in [9.17, 15) is 9.59 Å². The molecule has 1 aromatic heterocycles. The maximum absolute atomic E-state index is 12.2. The Balaban J connectivity index is 2.32. The van der Waals surface area contributed by atoms with Crippen LogP contribution in [-0.4, -0.2) is 31.1 Å². The van der Waals surface area contributed by atoms with Crippen molar-refractivity contribution in [3.63, 3.8) is 0 Å². The normalized spacial score (nSPS) is 9.95. The molecule has 0 bridgehead atoms. The van der Waals surface area contributed by atoms with Crippen LogP contribution in [-0.2, 0) is 4.74 Å². The lowest BCUT2D eigenvalue weighted by molar-refractivity contribution is 0.0601. The summed E-state index contributed by atoms with van der Waals surface area (Å²) in [6.45, 7) is 0. The molecular weight excluding hydrogens is 308 g/mol. The SMILES string of the molecule is COC(=O)c1cc(OC)ccc1NC(=O)c1cc(Cl)ccn1. The Labute approximate surface area is 132 Å². The van der Waals surface area contributed by atoms with E-state index >= 15 is 0 Å². The first-order valence-corrected chi connectivity index (χ1v) is 6.62. The van der Waals surface area contributed by atoms with Crippen molar-refractivity contribution in [3.8, 4) is 5.75 Å². The summed E-state index contributed by atoms with van der Waals surface area (Å²) in [6.07, 6.45) is 1.42. The molecule has 0 aliphatic heterocycles. The van der Waals surface area contributed by atoms with Crippen LogP contribution in [0, 0.1) is 0 Å². The molecule has 6 nitrogen and oxygen atoms in total. The highest BCUT2D eigenvalue weighted by Crippen LogP contribution is 2.23. The first-order valence-electron chi connectivity index (χ1n) is 6.24. The lowest BCUT2D eigenvalue weighted by Crippen LogP contribution is -2.16. The van der Waals surface area contributed by atoms with E-state index in [4.69, 9.17) is 21.1 Å². The number of halogens is 1. The van der Waals surface area contributed by atoms with Gasteiger partial charge in [-0.15, -0.1) is 0 Å². The van der Waals surface area contributed by atoms with Crippen LogP contribution in [0.25, 0.3) is 0 Å². The van der Waals surface area contributed by atoms with Gasteiger partial charge in [0.2, 0.25) is 0 Å². The molecule has 7 heteroatoms. The molecule has 0 saturated carbocycles. The van der Waals surface area contributed by atoms with E-state index in [1.54, 1.807) is 18.2 Å². The van der Waals surface area contributed by atoms with E-state index in [2.05, 4.69) is 10.3 Å². The number of esters is 1. The van der Waals surface area contributed by atoms with Crippen LogP contribution in [0.3, 0.4) is 0 Å². The molecule has 0 aliphatic rings. The maximum atomic E-state index is 12.2. The Bertz CT molecular complexity index is 718. The van der Waals surface area contributed by atoms with Crippen molar-refractivity contribution < 1.29 is 19.1 Å². The van der Waals surface area contributed by atoms with Gasteiger partial charge in [0.05, 0.1) is 25.5 Å². The summed E-state index contributed by atoms with van der Waals surface area (Å²) < 4.78 is 9.76. The molecule has 0 saturated heterocycles. The second-order valence-electron chi connectivity index (χ2n) is 4.22. The zero-order valence-electron chi connectivity index (χ0n) is 11.9. The average molecular weight is 321 g/mol. The fourth-order valence-corrected chi connectivity index (χ4v) is 1.91. The number of carbonyl (C=O) groups is 2. The van der Waals surface area contributed by atoms with Gasteiger partial charge in [-0.05, 0) is 30.3 Å². The highest BCUT2D eigenvalue weighted by molar-refractivity contribution is 6.31. The van der Waals surface area contributed by atoms with E-state index in [0.29, 0.717) is 16.5 Å². The Morgan fingerprint density at radius 2 is 1.95 bits per heavy atom. The van der Waals surface area contributed by atoms with E-state index in [0.717, 1.165) is 0 Å². The number of anilines is 1. The summed E-state index contributed by atoms with van der Waals surface area (Å²) in [7, 11) is 2.73. The molecule has 0 spiro atoms. The van der Waals surface area contributed by atoms with Crippen molar-refractivity contribution in [2.24, 2.45) is 0 Å². The minimum absolute atomic E-state index is 0.138.